The number of rotatable bonds is 11. The summed E-state index contributed by atoms with van der Waals surface area (Å²) in [4.78, 5) is 17.2. The molecule has 1 aromatic carbocycles. The summed E-state index contributed by atoms with van der Waals surface area (Å²) in [6.45, 7) is 33.5. The van der Waals surface area contributed by atoms with Gasteiger partial charge < -0.3 is 55.5 Å². The number of nitrogens with one attached hydrogen (secondary N) is 5. The van der Waals surface area contributed by atoms with Crippen LogP contribution in [0.5, 0.6) is 0 Å². The number of methoxy groups -OCH3 is 3. The molecule has 5 N–H and O–H groups in total. The van der Waals surface area contributed by atoms with Gasteiger partial charge in [0.05, 0.1) is 19.8 Å². The molecule has 0 aromatic heterocycles. The van der Waals surface area contributed by atoms with Gasteiger partial charge in [-0.15, -0.1) is 37.2 Å². The summed E-state index contributed by atoms with van der Waals surface area (Å²) < 4.78 is 15.7. The van der Waals surface area contributed by atoms with Crippen LogP contribution in [0, 0.1) is 0 Å². The fraction of sp³-hybridized carbons (Fsp3) is 0.860. The minimum atomic E-state index is 0. The zero-order valence-corrected chi connectivity index (χ0v) is 41.8. The van der Waals surface area contributed by atoms with E-state index in [1.165, 1.54) is 44.8 Å². The molecule has 364 valence electrons. The first-order valence-electron chi connectivity index (χ1n) is 22.4. The van der Waals surface area contributed by atoms with Gasteiger partial charge in [0.1, 0.15) is 0 Å². The lowest BCUT2D eigenvalue weighted by atomic mass is 10.2. The van der Waals surface area contributed by atoms with Crippen LogP contribution >= 0.6 is 37.2 Å². The molecular formula is C43H93Cl3N12O3. The molecule has 4 aliphatic heterocycles. The lowest BCUT2D eigenvalue weighted by molar-refractivity contribution is 0.125. The highest BCUT2D eigenvalue weighted by atomic mass is 35.5. The summed E-state index contributed by atoms with van der Waals surface area (Å²) in [5.74, 6) is 0. The zero-order chi connectivity index (χ0) is 41.7. The quantitative estimate of drug-likeness (QED) is 0.211. The predicted molar refractivity (Wildman–Crippen MR) is 265 cm³/mol. The number of hydrogen-bond acceptors (Lipinski definition) is 15. The Kier molecular flexibility index (Phi) is 45.8. The van der Waals surface area contributed by atoms with Crippen molar-refractivity contribution < 1.29 is 14.2 Å². The second-order valence-corrected chi connectivity index (χ2v) is 15.9. The fourth-order valence-corrected chi connectivity index (χ4v) is 6.79. The van der Waals surface area contributed by atoms with Gasteiger partial charge in [-0.05, 0) is 26.7 Å². The lowest BCUT2D eigenvalue weighted by Gasteiger charge is -2.25. The van der Waals surface area contributed by atoms with Gasteiger partial charge in [0.15, 0.2) is 0 Å². The molecule has 4 aliphatic rings. The summed E-state index contributed by atoms with van der Waals surface area (Å²) in [5, 5.41) is 16.8. The van der Waals surface area contributed by atoms with Crippen LogP contribution in [0.4, 0.5) is 0 Å². The molecule has 0 aliphatic carbocycles. The van der Waals surface area contributed by atoms with Crippen LogP contribution in [0.3, 0.4) is 0 Å². The van der Waals surface area contributed by atoms with Crippen molar-refractivity contribution in [3.05, 3.63) is 35.9 Å². The topological polar surface area (TPSA) is 111 Å². The Balaban J connectivity index is 0. The van der Waals surface area contributed by atoms with Gasteiger partial charge >= 0.3 is 0 Å². The van der Waals surface area contributed by atoms with E-state index in [-0.39, 0.29) is 37.2 Å². The van der Waals surface area contributed by atoms with Crippen LogP contribution in [0.2, 0.25) is 0 Å². The van der Waals surface area contributed by atoms with Gasteiger partial charge in [0.2, 0.25) is 0 Å². The molecule has 0 radical (unpaired) electrons. The lowest BCUT2D eigenvalue weighted by Crippen LogP contribution is -2.38. The highest BCUT2D eigenvalue weighted by molar-refractivity contribution is 5.86. The fourth-order valence-electron chi connectivity index (χ4n) is 6.79. The first kappa shape index (κ1) is 62.6. The monoisotopic (exact) mass is 931 g/mol. The van der Waals surface area contributed by atoms with Crippen molar-refractivity contribution in [3.8, 4) is 0 Å². The molecule has 0 amide bonds. The van der Waals surface area contributed by atoms with E-state index in [4.69, 9.17) is 14.2 Å². The van der Waals surface area contributed by atoms with Crippen molar-refractivity contribution >= 4 is 37.2 Å². The van der Waals surface area contributed by atoms with Crippen molar-refractivity contribution in [1.29, 1.82) is 0 Å². The second-order valence-electron chi connectivity index (χ2n) is 15.9. The standard InChI is InChI=1S/C15H33N3O3.C13H21N3.C9H21N3.C6H15N3.3ClH/c1-19-13-10-16-4-6-17(11-14-20-2)8-9-18(7-5-16)12-15-21-3;1-2-4-13(5-3-1)12-16-10-8-14-6-7-15-9-11-16;1-10-4-6-11(2)8-9-12(3)7-5-10;1-2-8-5-6-9-4-3-7-1;;;/h4-15H2,1-3H3;1-5,14-15H,6-12H2;4-9H2,1-3H3;7-9H,1-6H2;3*1H. The molecule has 4 heterocycles. The molecule has 0 saturated carbocycles. The van der Waals surface area contributed by atoms with E-state index in [0.717, 1.165) is 164 Å². The van der Waals surface area contributed by atoms with E-state index in [1.54, 1.807) is 21.3 Å². The Hall–Kier alpha value is -0.510. The van der Waals surface area contributed by atoms with Crippen LogP contribution in [0.15, 0.2) is 30.3 Å². The van der Waals surface area contributed by atoms with Crippen LogP contribution in [-0.2, 0) is 20.8 Å². The summed E-state index contributed by atoms with van der Waals surface area (Å²) in [7, 11) is 11.9. The van der Waals surface area contributed by atoms with E-state index in [0.29, 0.717) is 0 Å². The summed E-state index contributed by atoms with van der Waals surface area (Å²) in [6.07, 6.45) is 0. The number of halogens is 3. The first-order valence-corrected chi connectivity index (χ1v) is 22.4. The van der Waals surface area contributed by atoms with Crippen molar-refractivity contribution in [2.24, 2.45) is 0 Å². The van der Waals surface area contributed by atoms with Crippen molar-refractivity contribution in [2.45, 2.75) is 6.54 Å². The third kappa shape index (κ3) is 36.4. The Bertz CT molecular complexity index is 915. The minimum Gasteiger partial charge on any atom is -0.383 e. The number of hydrogen-bond donors (Lipinski definition) is 5. The second kappa shape index (κ2) is 44.7. The third-order valence-corrected chi connectivity index (χ3v) is 11.0. The van der Waals surface area contributed by atoms with Gasteiger partial charge in [0.25, 0.3) is 0 Å². The molecule has 1 aromatic rings. The Morgan fingerprint density at radius 1 is 0.377 bits per heavy atom. The van der Waals surface area contributed by atoms with Crippen LogP contribution in [-0.4, -0.2) is 273 Å². The molecule has 5 rings (SSSR count). The van der Waals surface area contributed by atoms with E-state index in [2.05, 4.69) is 112 Å². The van der Waals surface area contributed by atoms with Gasteiger partial charge in [0, 0.05) is 205 Å². The average molecular weight is 933 g/mol. The molecular weight excluding hydrogens is 839 g/mol. The van der Waals surface area contributed by atoms with Crippen molar-refractivity contribution in [1.82, 2.24) is 60.9 Å². The summed E-state index contributed by atoms with van der Waals surface area (Å²) in [6, 6.07) is 10.7. The van der Waals surface area contributed by atoms with Crippen LogP contribution in [0.1, 0.15) is 5.56 Å². The molecule has 0 bridgehead atoms. The smallest absolute Gasteiger partial charge is 0.0589 e. The van der Waals surface area contributed by atoms with Crippen LogP contribution in [0.25, 0.3) is 0 Å². The molecule has 4 saturated heterocycles. The molecule has 61 heavy (non-hydrogen) atoms. The summed E-state index contributed by atoms with van der Waals surface area (Å²) >= 11 is 0. The number of nitrogens with zero attached hydrogens (tertiary/aromatic N) is 7. The Labute approximate surface area is 392 Å². The molecule has 18 heteroatoms. The normalized spacial score (nSPS) is 20.8. The molecule has 0 spiro atoms. The number of benzene rings is 1. The number of ether oxygens (including phenoxy) is 3. The molecule has 4 fully saturated rings. The van der Waals surface area contributed by atoms with E-state index in [1.807, 2.05) is 0 Å². The predicted octanol–water partition coefficient (Wildman–Crippen LogP) is 0.356. The van der Waals surface area contributed by atoms with Gasteiger partial charge in [-0.1, -0.05) is 30.3 Å². The largest absolute Gasteiger partial charge is 0.383 e. The number of likely N-dealkylation sites (N-methyl/N-ethyl adjacent to an activating group) is 3. The van der Waals surface area contributed by atoms with Gasteiger partial charge in [-0.3, -0.25) is 19.6 Å². The maximum Gasteiger partial charge on any atom is 0.0589 e. The molecule has 0 atom stereocenters. The third-order valence-electron chi connectivity index (χ3n) is 11.0. The minimum absolute atomic E-state index is 0. The SMILES string of the molecule is C1CNCCNCCN1.CN1CCN(C)CCN(C)CC1.COCCN1CCN(CCOC)CCN(CCOC)CC1.Cl.Cl.Cl.c1ccc(CN2CCNCCNCC2)cc1. The maximum atomic E-state index is 5.22. The maximum absolute atomic E-state index is 5.22. The Morgan fingerprint density at radius 3 is 0.934 bits per heavy atom. The van der Waals surface area contributed by atoms with Gasteiger partial charge in [-0.25, -0.2) is 0 Å². The highest BCUT2D eigenvalue weighted by Gasteiger charge is 2.16. The first-order chi connectivity index (χ1) is 28.4. The average Bonchev–Trinajstić information content (AvgIpc) is 3.56. The molecule has 15 nitrogen and oxygen atoms in total. The van der Waals surface area contributed by atoms with Crippen molar-refractivity contribution in [2.75, 3.05) is 239 Å². The van der Waals surface area contributed by atoms with E-state index in [9.17, 15) is 0 Å². The zero-order valence-electron chi connectivity index (χ0n) is 39.4. The van der Waals surface area contributed by atoms with E-state index >= 15 is 0 Å². The van der Waals surface area contributed by atoms with Crippen molar-refractivity contribution in [3.63, 3.8) is 0 Å². The van der Waals surface area contributed by atoms with E-state index < -0.39 is 0 Å². The van der Waals surface area contributed by atoms with Crippen LogP contribution < -0.4 is 26.6 Å². The molecule has 0 unspecified atom stereocenters. The Morgan fingerprint density at radius 2 is 0.656 bits per heavy atom. The van der Waals surface area contributed by atoms with Gasteiger partial charge in [-0.2, -0.15) is 0 Å². The highest BCUT2D eigenvalue weighted by Crippen LogP contribution is 2.04. The summed E-state index contributed by atoms with van der Waals surface area (Å²) in [5.41, 5.74) is 1.40.